The van der Waals surface area contributed by atoms with Crippen LogP contribution in [0.5, 0.6) is 0 Å². The Bertz CT molecular complexity index is 451. The molecule has 0 aliphatic rings. The number of halogens is 2. The number of nitrogens with zero attached hydrogens (tertiary/aromatic N) is 1. The van der Waals surface area contributed by atoms with Gasteiger partial charge in [-0.3, -0.25) is 4.79 Å². The fraction of sp³-hybridized carbons (Fsp3) is 0.333. The van der Waals surface area contributed by atoms with Crippen LogP contribution in [0.4, 0.5) is 0 Å². The van der Waals surface area contributed by atoms with E-state index in [0.717, 1.165) is 6.42 Å². The molecule has 0 aliphatic heterocycles. The molecule has 0 aliphatic carbocycles. The van der Waals surface area contributed by atoms with Gasteiger partial charge in [-0.2, -0.15) is 5.26 Å². The SMILES string of the molecule is CCCOC(C#N)NC(=O)c1c(Cl)cccc1Cl. The van der Waals surface area contributed by atoms with Gasteiger partial charge in [-0.05, 0) is 18.6 Å². The van der Waals surface area contributed by atoms with E-state index >= 15 is 0 Å². The van der Waals surface area contributed by atoms with E-state index in [0.29, 0.717) is 6.61 Å². The molecular weight excluding hydrogens is 275 g/mol. The van der Waals surface area contributed by atoms with Gasteiger partial charge >= 0.3 is 0 Å². The third kappa shape index (κ3) is 3.88. The van der Waals surface area contributed by atoms with Crippen molar-refractivity contribution in [1.29, 1.82) is 5.26 Å². The van der Waals surface area contributed by atoms with E-state index in [1.165, 1.54) is 0 Å². The third-order valence-electron chi connectivity index (χ3n) is 2.06. The molecule has 96 valence electrons. The number of hydrogen-bond acceptors (Lipinski definition) is 3. The summed E-state index contributed by atoms with van der Waals surface area (Å²) in [6.45, 7) is 2.29. The van der Waals surface area contributed by atoms with Crippen LogP contribution in [0, 0.1) is 11.3 Å². The maximum Gasteiger partial charge on any atom is 0.257 e. The van der Waals surface area contributed by atoms with Crippen LogP contribution in [0.2, 0.25) is 10.0 Å². The standard InChI is InChI=1S/C12H12Cl2N2O2/c1-2-6-18-10(7-15)16-12(17)11-8(13)4-3-5-9(11)14/h3-5,10H,2,6H2,1H3,(H,16,17). The van der Waals surface area contributed by atoms with E-state index in [4.69, 9.17) is 33.2 Å². The summed E-state index contributed by atoms with van der Waals surface area (Å²) in [6.07, 6.45) is -0.259. The molecule has 4 nitrogen and oxygen atoms in total. The number of ether oxygens (including phenoxy) is 1. The highest BCUT2D eigenvalue weighted by Crippen LogP contribution is 2.24. The van der Waals surface area contributed by atoms with Gasteiger partial charge in [0.25, 0.3) is 5.91 Å². The normalized spacial score (nSPS) is 11.7. The van der Waals surface area contributed by atoms with Gasteiger partial charge in [0.2, 0.25) is 6.23 Å². The lowest BCUT2D eigenvalue weighted by molar-refractivity contribution is 0.0561. The number of nitriles is 1. The highest BCUT2D eigenvalue weighted by Gasteiger charge is 2.18. The zero-order valence-electron chi connectivity index (χ0n) is 9.74. The van der Waals surface area contributed by atoms with Gasteiger partial charge in [-0.15, -0.1) is 0 Å². The maximum atomic E-state index is 11.9. The molecule has 0 heterocycles. The zero-order chi connectivity index (χ0) is 13.5. The molecule has 1 amide bonds. The Labute approximate surface area is 115 Å². The Morgan fingerprint density at radius 2 is 2.11 bits per heavy atom. The van der Waals surface area contributed by atoms with E-state index < -0.39 is 12.1 Å². The minimum absolute atomic E-state index is 0.140. The van der Waals surface area contributed by atoms with Crippen LogP contribution in [0.3, 0.4) is 0 Å². The second-order valence-corrected chi connectivity index (χ2v) is 4.26. The number of carbonyl (C=O) groups excluding carboxylic acids is 1. The fourth-order valence-corrected chi connectivity index (χ4v) is 1.82. The summed E-state index contributed by atoms with van der Waals surface area (Å²) >= 11 is 11.8. The molecule has 0 saturated heterocycles. The molecule has 1 aromatic rings. The summed E-state index contributed by atoms with van der Waals surface area (Å²) in [5.74, 6) is -0.534. The average Bonchev–Trinajstić information content (AvgIpc) is 2.34. The predicted octanol–water partition coefficient (Wildman–Crippen LogP) is 3.00. The van der Waals surface area contributed by atoms with Crippen LogP contribution in [0.25, 0.3) is 0 Å². The topological polar surface area (TPSA) is 62.1 Å². The van der Waals surface area contributed by atoms with E-state index in [2.05, 4.69) is 5.32 Å². The van der Waals surface area contributed by atoms with Crippen molar-refractivity contribution >= 4 is 29.1 Å². The summed E-state index contributed by atoms with van der Waals surface area (Å²) in [5.41, 5.74) is 0.140. The molecule has 1 N–H and O–H groups in total. The summed E-state index contributed by atoms with van der Waals surface area (Å²) < 4.78 is 5.13. The molecule has 1 atom stereocenters. The van der Waals surface area contributed by atoms with Crippen molar-refractivity contribution in [3.8, 4) is 6.07 Å². The number of nitrogens with one attached hydrogen (secondary N) is 1. The van der Waals surface area contributed by atoms with Crippen molar-refractivity contribution in [2.45, 2.75) is 19.6 Å². The fourth-order valence-electron chi connectivity index (χ4n) is 1.25. The van der Waals surface area contributed by atoms with E-state index in [9.17, 15) is 4.79 Å². The van der Waals surface area contributed by atoms with Crippen LogP contribution >= 0.6 is 23.2 Å². The molecule has 1 aromatic carbocycles. The van der Waals surface area contributed by atoms with Gasteiger partial charge in [0.05, 0.1) is 22.2 Å². The summed E-state index contributed by atoms with van der Waals surface area (Å²) in [4.78, 5) is 11.9. The second kappa shape index (κ2) is 7.22. The van der Waals surface area contributed by atoms with Crippen molar-refractivity contribution in [3.05, 3.63) is 33.8 Å². The van der Waals surface area contributed by atoms with Crippen molar-refractivity contribution in [3.63, 3.8) is 0 Å². The van der Waals surface area contributed by atoms with Crippen molar-refractivity contribution in [2.75, 3.05) is 6.61 Å². The van der Waals surface area contributed by atoms with Crippen LogP contribution in [-0.4, -0.2) is 18.7 Å². The van der Waals surface area contributed by atoms with Crippen LogP contribution in [0.15, 0.2) is 18.2 Å². The maximum absolute atomic E-state index is 11.9. The number of rotatable bonds is 5. The number of amides is 1. The highest BCUT2D eigenvalue weighted by atomic mass is 35.5. The molecule has 0 bridgehead atoms. The number of benzene rings is 1. The van der Waals surface area contributed by atoms with Gasteiger partial charge in [0.1, 0.15) is 6.07 Å². The molecule has 0 aromatic heterocycles. The first-order valence-electron chi connectivity index (χ1n) is 5.36. The molecule has 1 unspecified atom stereocenters. The zero-order valence-corrected chi connectivity index (χ0v) is 11.3. The minimum Gasteiger partial charge on any atom is -0.346 e. The molecule has 0 radical (unpaired) electrons. The lowest BCUT2D eigenvalue weighted by Crippen LogP contribution is -2.36. The Balaban J connectivity index is 2.79. The monoisotopic (exact) mass is 286 g/mol. The van der Waals surface area contributed by atoms with Crippen molar-refractivity contribution < 1.29 is 9.53 Å². The molecule has 18 heavy (non-hydrogen) atoms. The summed E-state index contributed by atoms with van der Waals surface area (Å²) in [7, 11) is 0. The third-order valence-corrected chi connectivity index (χ3v) is 2.69. The molecule has 0 fully saturated rings. The van der Waals surface area contributed by atoms with Gasteiger partial charge in [-0.1, -0.05) is 36.2 Å². The van der Waals surface area contributed by atoms with E-state index in [-0.39, 0.29) is 15.6 Å². The van der Waals surface area contributed by atoms with Gasteiger partial charge in [-0.25, -0.2) is 0 Å². The Morgan fingerprint density at radius 3 is 2.61 bits per heavy atom. The smallest absolute Gasteiger partial charge is 0.257 e. The molecule has 1 rings (SSSR count). The predicted molar refractivity (Wildman–Crippen MR) is 69.6 cm³/mol. The first-order valence-corrected chi connectivity index (χ1v) is 6.11. The Kier molecular flexibility index (Phi) is 5.93. The quantitative estimate of drug-likeness (QED) is 0.847. The van der Waals surface area contributed by atoms with E-state index in [1.54, 1.807) is 18.2 Å². The van der Waals surface area contributed by atoms with Crippen LogP contribution in [0.1, 0.15) is 23.7 Å². The van der Waals surface area contributed by atoms with Crippen LogP contribution in [-0.2, 0) is 4.74 Å². The van der Waals surface area contributed by atoms with Crippen molar-refractivity contribution in [1.82, 2.24) is 5.32 Å². The van der Waals surface area contributed by atoms with Gasteiger partial charge in [0.15, 0.2) is 0 Å². The number of hydrogen-bond donors (Lipinski definition) is 1. The summed E-state index contributed by atoms with van der Waals surface area (Å²) in [5, 5.41) is 11.7. The second-order valence-electron chi connectivity index (χ2n) is 3.45. The molecule has 0 spiro atoms. The Morgan fingerprint density at radius 1 is 1.50 bits per heavy atom. The largest absolute Gasteiger partial charge is 0.346 e. The van der Waals surface area contributed by atoms with Gasteiger partial charge < -0.3 is 10.1 Å². The summed E-state index contributed by atoms with van der Waals surface area (Å²) in [6, 6.07) is 6.58. The van der Waals surface area contributed by atoms with E-state index in [1.807, 2.05) is 13.0 Å². The number of carbonyl (C=O) groups is 1. The van der Waals surface area contributed by atoms with Gasteiger partial charge in [0, 0.05) is 0 Å². The minimum atomic E-state index is -1.01. The molecule has 6 heteroatoms. The molecule has 0 saturated carbocycles. The first-order chi connectivity index (χ1) is 8.60. The highest BCUT2D eigenvalue weighted by molar-refractivity contribution is 6.39. The molecular formula is C12H12Cl2N2O2. The Hall–Kier alpha value is -1.28. The van der Waals surface area contributed by atoms with Crippen molar-refractivity contribution in [2.24, 2.45) is 0 Å². The lowest BCUT2D eigenvalue weighted by Gasteiger charge is -2.13. The lowest BCUT2D eigenvalue weighted by atomic mass is 10.2. The average molecular weight is 287 g/mol. The first kappa shape index (κ1) is 14.8. The van der Waals surface area contributed by atoms with Crippen LogP contribution < -0.4 is 5.32 Å².